The maximum atomic E-state index is 13.8. The fraction of sp³-hybridized carbons (Fsp3) is 0.706. The molecule has 2 atom stereocenters. The average Bonchev–Trinajstić information content (AvgIpc) is 3.06. The molecule has 1 aliphatic carbocycles. The Morgan fingerprint density at radius 1 is 1.26 bits per heavy atom. The molecule has 0 N–H and O–H groups in total. The highest BCUT2D eigenvalue weighted by Gasteiger charge is 2.27. The highest BCUT2D eigenvalue weighted by Crippen LogP contribution is 2.34. The van der Waals surface area contributed by atoms with Gasteiger partial charge in [0.15, 0.2) is 5.82 Å². The molecule has 1 aromatic heterocycles. The molecule has 2 aliphatic rings. The molecule has 0 radical (unpaired) electrons. The first kappa shape index (κ1) is 16.6. The van der Waals surface area contributed by atoms with Crippen LogP contribution in [-0.4, -0.2) is 33.9 Å². The molecule has 0 aromatic carbocycles. The van der Waals surface area contributed by atoms with Gasteiger partial charge in [-0.05, 0) is 55.5 Å². The van der Waals surface area contributed by atoms with Gasteiger partial charge < -0.3 is 4.90 Å². The van der Waals surface area contributed by atoms with Crippen molar-refractivity contribution in [2.24, 2.45) is 11.8 Å². The molecule has 1 saturated heterocycles. The average molecular weight is 340 g/mol. The van der Waals surface area contributed by atoms with Crippen molar-refractivity contribution in [3.05, 3.63) is 23.0 Å². The van der Waals surface area contributed by atoms with Crippen LogP contribution < -0.4 is 0 Å². The number of halogens is 2. The van der Waals surface area contributed by atoms with Gasteiger partial charge in [0.05, 0.1) is 11.9 Å². The maximum absolute atomic E-state index is 13.8. The molecule has 23 heavy (non-hydrogen) atoms. The first-order valence-electron chi connectivity index (χ1n) is 8.56. The van der Waals surface area contributed by atoms with Crippen LogP contribution in [0, 0.1) is 17.7 Å². The molecule has 1 aromatic rings. The van der Waals surface area contributed by atoms with Gasteiger partial charge in [-0.1, -0.05) is 12.8 Å². The number of hydrogen-bond donors (Lipinski definition) is 0. The van der Waals surface area contributed by atoms with E-state index in [1.807, 2.05) is 4.90 Å². The Labute approximate surface area is 141 Å². The number of nitrogens with zero attached hydrogens (tertiary/aromatic N) is 3. The molecule has 0 spiro atoms. The van der Waals surface area contributed by atoms with E-state index in [1.165, 1.54) is 0 Å². The zero-order chi connectivity index (χ0) is 16.2. The summed E-state index contributed by atoms with van der Waals surface area (Å²) in [5.74, 6) is 0.705. The van der Waals surface area contributed by atoms with Crippen LogP contribution in [-0.2, 0) is 11.2 Å². The number of carbonyl (C=O) groups is 1. The van der Waals surface area contributed by atoms with Crippen LogP contribution in [0.5, 0.6) is 0 Å². The van der Waals surface area contributed by atoms with Crippen LogP contribution in [0.4, 0.5) is 4.39 Å². The summed E-state index contributed by atoms with van der Waals surface area (Å²) < 4.78 is 13.8. The van der Waals surface area contributed by atoms with Gasteiger partial charge in [-0.2, -0.15) is 0 Å². The van der Waals surface area contributed by atoms with Crippen molar-refractivity contribution in [2.75, 3.05) is 13.1 Å². The van der Waals surface area contributed by atoms with Gasteiger partial charge in [0.1, 0.15) is 0 Å². The smallest absolute Gasteiger partial charge is 0.222 e. The molecular formula is C17H23ClFN3O. The number of likely N-dealkylation sites (tertiary alicyclic amines) is 1. The molecule has 3 rings (SSSR count). The fourth-order valence-electron chi connectivity index (χ4n) is 3.91. The van der Waals surface area contributed by atoms with Crippen LogP contribution >= 0.6 is 11.6 Å². The first-order valence-corrected chi connectivity index (χ1v) is 8.94. The molecule has 1 amide bonds. The van der Waals surface area contributed by atoms with Gasteiger partial charge in [-0.25, -0.2) is 14.4 Å². The largest absolute Gasteiger partial charge is 0.343 e. The van der Waals surface area contributed by atoms with Crippen LogP contribution in [0.1, 0.15) is 50.6 Å². The van der Waals surface area contributed by atoms with Crippen molar-refractivity contribution in [1.29, 1.82) is 0 Å². The summed E-state index contributed by atoms with van der Waals surface area (Å²) in [5, 5.41) is 0.0953. The summed E-state index contributed by atoms with van der Waals surface area (Å²) in [5.41, 5.74) is 0.404. The first-order chi connectivity index (χ1) is 11.1. The van der Waals surface area contributed by atoms with Crippen LogP contribution in [0.3, 0.4) is 0 Å². The van der Waals surface area contributed by atoms with Crippen molar-refractivity contribution in [1.82, 2.24) is 14.9 Å². The monoisotopic (exact) mass is 339 g/mol. The molecular weight excluding hydrogens is 317 g/mol. The number of carbonyl (C=O) groups excluding carboxylic acids is 1. The molecule has 0 bridgehead atoms. The molecule has 1 aliphatic heterocycles. The lowest BCUT2D eigenvalue weighted by Gasteiger charge is -2.29. The van der Waals surface area contributed by atoms with Crippen molar-refractivity contribution in [2.45, 2.75) is 51.4 Å². The lowest BCUT2D eigenvalue weighted by Crippen LogP contribution is -2.31. The number of amides is 1. The van der Waals surface area contributed by atoms with E-state index in [-0.39, 0.29) is 11.1 Å². The highest BCUT2D eigenvalue weighted by atomic mass is 35.5. The summed E-state index contributed by atoms with van der Waals surface area (Å²) in [7, 11) is 0. The molecule has 4 nitrogen and oxygen atoms in total. The Morgan fingerprint density at radius 2 is 2.00 bits per heavy atom. The Bertz CT molecular complexity index is 563. The Kier molecular flexibility index (Phi) is 5.46. The van der Waals surface area contributed by atoms with Crippen molar-refractivity contribution in [3.8, 4) is 0 Å². The van der Waals surface area contributed by atoms with Gasteiger partial charge in [0, 0.05) is 19.5 Å². The van der Waals surface area contributed by atoms with Gasteiger partial charge in [-0.3, -0.25) is 4.79 Å². The quantitative estimate of drug-likeness (QED) is 0.787. The molecule has 1 saturated carbocycles. The SMILES string of the molecule is O=C(C[C@@H]1CCC[C@H](Cc2nc(Cl)ncc2F)C1)N1CCCC1. The minimum Gasteiger partial charge on any atom is -0.343 e. The second-order valence-corrected chi connectivity index (χ2v) is 7.17. The van der Waals surface area contributed by atoms with Crippen molar-refractivity contribution >= 4 is 17.5 Å². The summed E-state index contributed by atoms with van der Waals surface area (Å²) in [4.78, 5) is 22.0. The van der Waals surface area contributed by atoms with E-state index in [0.717, 1.165) is 57.8 Å². The zero-order valence-electron chi connectivity index (χ0n) is 13.3. The molecule has 0 unspecified atom stereocenters. The standard InChI is InChI=1S/C17H23ClFN3O/c18-17-20-11-14(19)15(21-17)9-12-4-3-5-13(8-12)10-16(23)22-6-1-2-7-22/h11-13H,1-10H2/t12-,13+/m0/s1. The third kappa shape index (κ3) is 4.40. The minimum absolute atomic E-state index is 0.0953. The van der Waals surface area contributed by atoms with E-state index < -0.39 is 0 Å². The summed E-state index contributed by atoms with van der Waals surface area (Å²) in [6.45, 7) is 1.83. The second-order valence-electron chi connectivity index (χ2n) is 6.83. The third-order valence-electron chi connectivity index (χ3n) is 5.08. The van der Waals surface area contributed by atoms with E-state index >= 15 is 0 Å². The molecule has 6 heteroatoms. The Hall–Kier alpha value is -1.23. The predicted octanol–water partition coefficient (Wildman–Crippen LogP) is 3.63. The maximum Gasteiger partial charge on any atom is 0.222 e. The lowest BCUT2D eigenvalue weighted by atomic mass is 9.78. The molecule has 126 valence electrons. The van der Waals surface area contributed by atoms with Gasteiger partial charge in [0.2, 0.25) is 11.2 Å². The molecule has 2 heterocycles. The minimum atomic E-state index is -0.385. The topological polar surface area (TPSA) is 46.1 Å². The normalized spacial score (nSPS) is 24.9. The van der Waals surface area contributed by atoms with Gasteiger partial charge >= 0.3 is 0 Å². The van der Waals surface area contributed by atoms with E-state index in [1.54, 1.807) is 0 Å². The number of hydrogen-bond acceptors (Lipinski definition) is 3. The summed E-state index contributed by atoms with van der Waals surface area (Å²) in [6, 6.07) is 0. The lowest BCUT2D eigenvalue weighted by molar-refractivity contribution is -0.131. The van der Waals surface area contributed by atoms with Gasteiger partial charge in [0.25, 0.3) is 0 Å². The number of aromatic nitrogens is 2. The van der Waals surface area contributed by atoms with E-state index in [9.17, 15) is 9.18 Å². The van der Waals surface area contributed by atoms with Gasteiger partial charge in [-0.15, -0.1) is 0 Å². The fourth-order valence-corrected chi connectivity index (χ4v) is 4.06. The van der Waals surface area contributed by atoms with E-state index in [0.29, 0.717) is 36.3 Å². The zero-order valence-corrected chi connectivity index (χ0v) is 14.1. The second kappa shape index (κ2) is 7.56. The summed E-state index contributed by atoms with van der Waals surface area (Å²) in [6.07, 6.45) is 8.87. The van der Waals surface area contributed by atoms with Crippen molar-refractivity contribution in [3.63, 3.8) is 0 Å². The van der Waals surface area contributed by atoms with Crippen molar-refractivity contribution < 1.29 is 9.18 Å². The third-order valence-corrected chi connectivity index (χ3v) is 5.26. The van der Waals surface area contributed by atoms with E-state index in [4.69, 9.17) is 11.6 Å². The van der Waals surface area contributed by atoms with Crippen LogP contribution in [0.2, 0.25) is 5.28 Å². The number of rotatable bonds is 4. The Balaban J connectivity index is 1.55. The van der Waals surface area contributed by atoms with Crippen LogP contribution in [0.25, 0.3) is 0 Å². The summed E-state index contributed by atoms with van der Waals surface area (Å²) >= 11 is 5.77. The van der Waals surface area contributed by atoms with Crippen LogP contribution in [0.15, 0.2) is 6.20 Å². The highest BCUT2D eigenvalue weighted by molar-refractivity contribution is 6.28. The predicted molar refractivity (Wildman–Crippen MR) is 86.6 cm³/mol. The molecule has 2 fully saturated rings. The van der Waals surface area contributed by atoms with E-state index in [2.05, 4.69) is 9.97 Å². The Morgan fingerprint density at radius 3 is 2.78 bits per heavy atom.